The number of esters is 1. The van der Waals surface area contributed by atoms with Crippen LogP contribution in [0.15, 0.2) is 85.0 Å². The van der Waals surface area contributed by atoms with E-state index in [1.54, 1.807) is 67.6 Å². The largest absolute Gasteiger partial charge is 0.493 e. The van der Waals surface area contributed by atoms with Crippen molar-refractivity contribution < 1.29 is 19.0 Å². The molecule has 3 aromatic carbocycles. The Hall–Kier alpha value is -3.02. The summed E-state index contributed by atoms with van der Waals surface area (Å²) in [7, 11) is 1.55. The lowest BCUT2D eigenvalue weighted by Gasteiger charge is -2.24. The van der Waals surface area contributed by atoms with E-state index in [0.717, 1.165) is 16.0 Å². The van der Waals surface area contributed by atoms with Crippen LogP contribution in [-0.4, -0.2) is 30.5 Å². The molecule has 0 N–H and O–H groups in total. The van der Waals surface area contributed by atoms with Gasteiger partial charge in [0.2, 0.25) is 0 Å². The number of ether oxygens (including phenoxy) is 3. The van der Waals surface area contributed by atoms with E-state index in [-0.39, 0.29) is 18.8 Å². The Balaban J connectivity index is 1.56. The molecule has 0 spiro atoms. The fourth-order valence-corrected chi connectivity index (χ4v) is 7.29. The smallest absolute Gasteiger partial charge is 0.338 e. The van der Waals surface area contributed by atoms with E-state index in [9.17, 15) is 9.59 Å². The molecule has 12 heteroatoms. The second-order valence-corrected chi connectivity index (χ2v) is 13.2. The van der Waals surface area contributed by atoms with Gasteiger partial charge in [-0.05, 0) is 89.6 Å². The van der Waals surface area contributed by atoms with Gasteiger partial charge in [0.15, 0.2) is 16.3 Å². The first-order valence-electron chi connectivity index (χ1n) is 13.4. The maximum atomic E-state index is 14.0. The molecule has 0 aliphatic carbocycles. The van der Waals surface area contributed by atoms with Gasteiger partial charge in [0.25, 0.3) is 5.56 Å². The van der Waals surface area contributed by atoms with Crippen LogP contribution in [0.4, 0.5) is 0 Å². The van der Waals surface area contributed by atoms with Gasteiger partial charge in [-0.15, -0.1) is 11.8 Å². The summed E-state index contributed by atoms with van der Waals surface area (Å²) in [6.45, 7) is 3.93. The summed E-state index contributed by atoms with van der Waals surface area (Å²) >= 11 is 18.8. The Bertz CT molecular complexity index is 1950. The van der Waals surface area contributed by atoms with Crippen molar-refractivity contribution in [3.63, 3.8) is 0 Å². The monoisotopic (exact) mass is 732 g/mol. The quantitative estimate of drug-likeness (QED) is 0.134. The molecule has 1 atom stereocenters. The van der Waals surface area contributed by atoms with Crippen molar-refractivity contribution in [1.29, 1.82) is 0 Å². The third-order valence-corrected chi connectivity index (χ3v) is 9.79. The molecule has 0 unspecified atom stereocenters. The maximum Gasteiger partial charge on any atom is 0.338 e. The van der Waals surface area contributed by atoms with Crippen molar-refractivity contribution in [2.24, 2.45) is 4.99 Å². The molecule has 0 fully saturated rings. The molecule has 0 amide bonds. The van der Waals surface area contributed by atoms with E-state index >= 15 is 0 Å². The first-order chi connectivity index (χ1) is 21.1. The molecule has 1 aliphatic heterocycles. The van der Waals surface area contributed by atoms with Crippen LogP contribution in [0.25, 0.3) is 6.08 Å². The predicted octanol–water partition coefficient (Wildman–Crippen LogP) is 7.18. The number of hydrogen-bond acceptors (Lipinski definition) is 8. The zero-order valence-electron chi connectivity index (χ0n) is 24.2. The lowest BCUT2D eigenvalue weighted by Crippen LogP contribution is -2.39. The molecule has 228 valence electrons. The van der Waals surface area contributed by atoms with E-state index in [4.69, 9.17) is 37.4 Å². The molecule has 5 rings (SSSR count). The summed E-state index contributed by atoms with van der Waals surface area (Å²) in [6, 6.07) is 16.0. The van der Waals surface area contributed by atoms with E-state index in [0.29, 0.717) is 52.2 Å². The van der Waals surface area contributed by atoms with E-state index in [1.165, 1.54) is 11.3 Å². The number of allylic oxidation sites excluding steroid dienone is 1. The Labute approximate surface area is 280 Å². The summed E-state index contributed by atoms with van der Waals surface area (Å²) in [5.74, 6) is 0.460. The average molecular weight is 735 g/mol. The molecular formula is C32H27BrCl2N2O5S2. The van der Waals surface area contributed by atoms with Gasteiger partial charge in [-0.2, -0.15) is 0 Å². The fraction of sp³-hybridized carbons (Fsp3) is 0.219. The number of carbonyl (C=O) groups excluding carboxylic acids is 1. The van der Waals surface area contributed by atoms with Crippen molar-refractivity contribution in [3.8, 4) is 11.5 Å². The Kier molecular flexibility index (Phi) is 10.3. The lowest BCUT2D eigenvalue weighted by molar-refractivity contribution is -0.139. The van der Waals surface area contributed by atoms with Gasteiger partial charge in [-0.25, -0.2) is 9.79 Å². The number of thioether (sulfide) groups is 1. The van der Waals surface area contributed by atoms with E-state index in [2.05, 4.69) is 20.9 Å². The minimum absolute atomic E-state index is 0.197. The molecule has 4 aromatic rings. The van der Waals surface area contributed by atoms with Crippen LogP contribution in [0, 0.1) is 0 Å². The number of nitrogens with zero attached hydrogens (tertiary/aromatic N) is 2. The minimum Gasteiger partial charge on any atom is -0.493 e. The van der Waals surface area contributed by atoms with Crippen LogP contribution in [0.2, 0.25) is 10.0 Å². The molecule has 0 saturated heterocycles. The van der Waals surface area contributed by atoms with Gasteiger partial charge >= 0.3 is 5.97 Å². The highest BCUT2D eigenvalue weighted by atomic mass is 79.9. The average Bonchev–Trinajstić information content (AvgIpc) is 3.30. The molecule has 0 radical (unpaired) electrons. The number of halogens is 3. The SMILES string of the molecule is CCOC(=O)C1=C(C)N=c2s/c(=C\c3cc(Br)c(OCc4ccc(Cl)cc4Cl)c(OC)c3)c(=O)n2[C@H]1c1ccc(SC)cc1. The fourth-order valence-electron chi connectivity index (χ4n) is 4.80. The van der Waals surface area contributed by atoms with Gasteiger partial charge in [-0.3, -0.25) is 9.36 Å². The van der Waals surface area contributed by atoms with Crippen LogP contribution >= 0.6 is 62.2 Å². The molecule has 0 saturated carbocycles. The summed E-state index contributed by atoms with van der Waals surface area (Å²) in [5, 5.41) is 1.04. The maximum absolute atomic E-state index is 14.0. The zero-order chi connectivity index (χ0) is 31.5. The number of rotatable bonds is 9. The van der Waals surface area contributed by atoms with Crippen molar-refractivity contribution in [1.82, 2.24) is 4.57 Å². The highest BCUT2D eigenvalue weighted by molar-refractivity contribution is 9.10. The third kappa shape index (κ3) is 6.65. The van der Waals surface area contributed by atoms with Crippen LogP contribution in [-0.2, 0) is 16.1 Å². The number of methoxy groups -OCH3 is 1. The molecule has 2 heterocycles. The van der Waals surface area contributed by atoms with Crippen LogP contribution < -0.4 is 24.4 Å². The van der Waals surface area contributed by atoms with Gasteiger partial charge in [-0.1, -0.05) is 52.7 Å². The normalized spacial score (nSPS) is 14.7. The molecule has 0 bridgehead atoms. The standard InChI is InChI=1S/C32H27BrCl2N2O5S2/c1-5-41-31(39)27-17(2)36-32-37(28(27)19-7-10-22(43-4)11-8-19)30(38)26(44-32)14-18-12-23(33)29(25(13-18)40-3)42-16-20-6-9-21(34)15-24(20)35/h6-15,28H,5,16H2,1-4H3/b26-14-/t28-/m0/s1. The molecule has 44 heavy (non-hydrogen) atoms. The summed E-state index contributed by atoms with van der Waals surface area (Å²) in [5.41, 5.74) is 2.86. The summed E-state index contributed by atoms with van der Waals surface area (Å²) in [6.07, 6.45) is 3.77. The summed E-state index contributed by atoms with van der Waals surface area (Å²) < 4.78 is 19.7. The number of carbonyl (C=O) groups is 1. The lowest BCUT2D eigenvalue weighted by atomic mass is 9.96. The number of hydrogen-bond donors (Lipinski definition) is 0. The Morgan fingerprint density at radius 2 is 1.91 bits per heavy atom. The van der Waals surface area contributed by atoms with Crippen molar-refractivity contribution >= 4 is 74.3 Å². The van der Waals surface area contributed by atoms with Gasteiger partial charge in [0.1, 0.15) is 6.61 Å². The number of thiazole rings is 1. The van der Waals surface area contributed by atoms with Crippen molar-refractivity contribution in [3.05, 3.63) is 117 Å². The van der Waals surface area contributed by atoms with Crippen molar-refractivity contribution in [2.45, 2.75) is 31.4 Å². The van der Waals surface area contributed by atoms with Gasteiger partial charge in [0, 0.05) is 20.5 Å². The minimum atomic E-state index is -0.680. The first-order valence-corrected chi connectivity index (χ1v) is 17.0. The Morgan fingerprint density at radius 1 is 1.16 bits per heavy atom. The second-order valence-electron chi connectivity index (χ2n) is 9.63. The third-order valence-electron chi connectivity index (χ3n) is 6.89. The first kappa shape index (κ1) is 32.4. The number of aromatic nitrogens is 1. The van der Waals surface area contributed by atoms with Gasteiger partial charge < -0.3 is 14.2 Å². The zero-order valence-corrected chi connectivity index (χ0v) is 28.9. The number of benzene rings is 3. The highest BCUT2D eigenvalue weighted by Crippen LogP contribution is 2.38. The van der Waals surface area contributed by atoms with E-state index < -0.39 is 12.0 Å². The van der Waals surface area contributed by atoms with Crippen LogP contribution in [0.5, 0.6) is 11.5 Å². The van der Waals surface area contributed by atoms with Crippen LogP contribution in [0.1, 0.15) is 36.6 Å². The predicted molar refractivity (Wildman–Crippen MR) is 180 cm³/mol. The highest BCUT2D eigenvalue weighted by Gasteiger charge is 2.33. The molecule has 1 aliphatic rings. The van der Waals surface area contributed by atoms with Gasteiger partial charge in [0.05, 0.1) is 40.0 Å². The number of fused-ring (bicyclic) bond motifs is 1. The molecular weight excluding hydrogens is 707 g/mol. The molecule has 7 nitrogen and oxygen atoms in total. The summed E-state index contributed by atoms with van der Waals surface area (Å²) in [4.78, 5) is 33.4. The Morgan fingerprint density at radius 3 is 2.57 bits per heavy atom. The second kappa shape index (κ2) is 14.0. The van der Waals surface area contributed by atoms with Crippen molar-refractivity contribution in [2.75, 3.05) is 20.0 Å². The van der Waals surface area contributed by atoms with Crippen LogP contribution in [0.3, 0.4) is 0 Å². The van der Waals surface area contributed by atoms with E-state index in [1.807, 2.05) is 36.6 Å². The molecule has 1 aromatic heterocycles. The topological polar surface area (TPSA) is 79.1 Å².